The van der Waals surface area contributed by atoms with Crippen LogP contribution in [0.1, 0.15) is 24.4 Å². The molecule has 0 saturated heterocycles. The summed E-state index contributed by atoms with van der Waals surface area (Å²) in [6, 6.07) is 10.7. The van der Waals surface area contributed by atoms with Gasteiger partial charge in [0, 0.05) is 0 Å². The molecule has 0 aliphatic rings. The minimum atomic E-state index is -0.286. The highest BCUT2D eigenvalue weighted by atomic mass is 16.5. The summed E-state index contributed by atoms with van der Waals surface area (Å²) in [6.45, 7) is 4.75. The number of furan rings is 1. The Bertz CT molecular complexity index is 532. The summed E-state index contributed by atoms with van der Waals surface area (Å²) < 4.78 is 10.7. The summed E-state index contributed by atoms with van der Waals surface area (Å²) in [5, 5.41) is 2.78. The Balaban J connectivity index is 2.09. The third-order valence-electron chi connectivity index (χ3n) is 2.45. The van der Waals surface area contributed by atoms with Crippen molar-refractivity contribution in [3.05, 3.63) is 48.4 Å². The molecule has 0 aliphatic carbocycles. The minimum absolute atomic E-state index is 0.277. The van der Waals surface area contributed by atoms with Crippen molar-refractivity contribution < 1.29 is 13.9 Å². The molecule has 0 atom stereocenters. The van der Waals surface area contributed by atoms with E-state index in [1.807, 2.05) is 18.2 Å². The number of ether oxygens (including phenoxy) is 1. The quantitative estimate of drug-likeness (QED) is 0.893. The smallest absolute Gasteiger partial charge is 0.291 e. The number of hydrogen-bond acceptors (Lipinski definition) is 3. The lowest BCUT2D eigenvalue weighted by Crippen LogP contribution is -2.13. The summed E-state index contributed by atoms with van der Waals surface area (Å²) in [7, 11) is 0. The highest BCUT2D eigenvalue weighted by molar-refractivity contribution is 6.03. The van der Waals surface area contributed by atoms with Crippen LogP contribution >= 0.6 is 0 Å². The van der Waals surface area contributed by atoms with Gasteiger partial charge in [-0.15, -0.1) is 0 Å². The zero-order valence-electron chi connectivity index (χ0n) is 11.1. The molecule has 0 radical (unpaired) electrons. The molecule has 0 fully saturated rings. The minimum Gasteiger partial charge on any atom is -0.491 e. The average molecular weight is 259 g/mol. The molecule has 1 N–H and O–H groups in total. The first kappa shape index (κ1) is 13.2. The maximum atomic E-state index is 11.9. The fourth-order valence-corrected chi connectivity index (χ4v) is 1.54. The number of anilines is 1. The van der Waals surface area contributed by atoms with Gasteiger partial charge in [-0.05, 0) is 30.2 Å². The fraction of sp³-hybridized carbons (Fsp3) is 0.267. The third kappa shape index (κ3) is 3.61. The van der Waals surface area contributed by atoms with Crippen LogP contribution in [0.15, 0.2) is 47.1 Å². The van der Waals surface area contributed by atoms with Crippen molar-refractivity contribution in [1.82, 2.24) is 0 Å². The van der Waals surface area contributed by atoms with E-state index in [9.17, 15) is 4.79 Å². The van der Waals surface area contributed by atoms with E-state index < -0.39 is 0 Å². The topological polar surface area (TPSA) is 51.5 Å². The molecular weight excluding hydrogens is 242 g/mol. The lowest BCUT2D eigenvalue weighted by molar-refractivity contribution is 0.0996. The molecule has 100 valence electrons. The number of hydrogen-bond donors (Lipinski definition) is 1. The molecule has 0 spiro atoms. The second kappa shape index (κ2) is 6.09. The summed E-state index contributed by atoms with van der Waals surface area (Å²) in [6.07, 6.45) is 1.47. The van der Waals surface area contributed by atoms with E-state index >= 15 is 0 Å². The van der Waals surface area contributed by atoms with Gasteiger partial charge in [0.15, 0.2) is 5.76 Å². The molecule has 19 heavy (non-hydrogen) atoms. The molecule has 2 rings (SSSR count). The van der Waals surface area contributed by atoms with E-state index in [0.29, 0.717) is 24.0 Å². The van der Waals surface area contributed by atoms with Crippen molar-refractivity contribution in [2.45, 2.75) is 13.8 Å². The van der Waals surface area contributed by atoms with Gasteiger partial charge in [-0.2, -0.15) is 0 Å². The second-order valence-corrected chi connectivity index (χ2v) is 4.63. The second-order valence-electron chi connectivity index (χ2n) is 4.63. The molecule has 1 heterocycles. The Hall–Kier alpha value is -2.23. The first-order valence-electron chi connectivity index (χ1n) is 6.23. The van der Waals surface area contributed by atoms with E-state index in [2.05, 4.69) is 19.2 Å². The number of benzene rings is 1. The van der Waals surface area contributed by atoms with Gasteiger partial charge in [-0.3, -0.25) is 4.79 Å². The van der Waals surface area contributed by atoms with E-state index in [0.717, 1.165) is 0 Å². The van der Waals surface area contributed by atoms with E-state index in [1.54, 1.807) is 18.2 Å². The molecule has 4 heteroatoms. The monoisotopic (exact) mass is 259 g/mol. The van der Waals surface area contributed by atoms with Crippen LogP contribution in [0, 0.1) is 5.92 Å². The van der Waals surface area contributed by atoms with Gasteiger partial charge in [0.2, 0.25) is 0 Å². The van der Waals surface area contributed by atoms with Crippen molar-refractivity contribution >= 4 is 11.6 Å². The maximum absolute atomic E-state index is 11.9. The molecule has 0 unspecified atom stereocenters. The zero-order valence-corrected chi connectivity index (χ0v) is 11.1. The zero-order chi connectivity index (χ0) is 13.7. The molecule has 2 aromatic rings. The van der Waals surface area contributed by atoms with Crippen LogP contribution in [0.5, 0.6) is 5.75 Å². The summed E-state index contributed by atoms with van der Waals surface area (Å²) >= 11 is 0. The van der Waals surface area contributed by atoms with Crippen LogP contribution in [-0.4, -0.2) is 12.5 Å². The first-order chi connectivity index (χ1) is 9.16. The number of amides is 1. The Kier molecular flexibility index (Phi) is 4.23. The van der Waals surface area contributed by atoms with Gasteiger partial charge < -0.3 is 14.5 Å². The maximum Gasteiger partial charge on any atom is 0.291 e. The normalized spacial score (nSPS) is 10.5. The molecule has 1 aromatic heterocycles. The molecule has 0 bridgehead atoms. The number of rotatable bonds is 5. The molecular formula is C15H17NO3. The van der Waals surface area contributed by atoms with Crippen LogP contribution < -0.4 is 10.1 Å². The number of nitrogens with one attached hydrogen (secondary N) is 1. The standard InChI is InChI=1S/C15H17NO3/c1-11(2)10-19-13-7-4-3-6-12(13)16-15(17)14-8-5-9-18-14/h3-9,11H,10H2,1-2H3,(H,16,17). The van der Waals surface area contributed by atoms with Crippen molar-refractivity contribution in [2.75, 3.05) is 11.9 Å². The molecule has 1 aromatic carbocycles. The number of carbonyl (C=O) groups excluding carboxylic acids is 1. The summed E-state index contributed by atoms with van der Waals surface area (Å²) in [5.41, 5.74) is 0.643. The van der Waals surface area contributed by atoms with Crippen molar-refractivity contribution in [3.63, 3.8) is 0 Å². The molecule has 1 amide bonds. The van der Waals surface area contributed by atoms with Crippen molar-refractivity contribution in [3.8, 4) is 5.75 Å². The van der Waals surface area contributed by atoms with Crippen LogP contribution in [0.3, 0.4) is 0 Å². The van der Waals surface area contributed by atoms with Crippen LogP contribution in [-0.2, 0) is 0 Å². The molecule has 0 saturated carbocycles. The predicted octanol–water partition coefficient (Wildman–Crippen LogP) is 3.57. The number of para-hydroxylation sites is 2. The van der Waals surface area contributed by atoms with Gasteiger partial charge in [-0.1, -0.05) is 26.0 Å². The van der Waals surface area contributed by atoms with Gasteiger partial charge >= 0.3 is 0 Å². The third-order valence-corrected chi connectivity index (χ3v) is 2.45. The van der Waals surface area contributed by atoms with E-state index in [-0.39, 0.29) is 11.7 Å². The number of carbonyl (C=O) groups is 1. The first-order valence-corrected chi connectivity index (χ1v) is 6.23. The van der Waals surface area contributed by atoms with Gasteiger partial charge in [0.1, 0.15) is 5.75 Å². The largest absolute Gasteiger partial charge is 0.491 e. The van der Waals surface area contributed by atoms with Crippen LogP contribution in [0.2, 0.25) is 0 Å². The SMILES string of the molecule is CC(C)COc1ccccc1NC(=O)c1ccco1. The molecule has 4 nitrogen and oxygen atoms in total. The van der Waals surface area contributed by atoms with Crippen LogP contribution in [0.25, 0.3) is 0 Å². The van der Waals surface area contributed by atoms with Crippen LogP contribution in [0.4, 0.5) is 5.69 Å². The lowest BCUT2D eigenvalue weighted by Gasteiger charge is -2.13. The van der Waals surface area contributed by atoms with Gasteiger partial charge in [0.05, 0.1) is 18.6 Å². The van der Waals surface area contributed by atoms with Gasteiger partial charge in [-0.25, -0.2) is 0 Å². The van der Waals surface area contributed by atoms with E-state index in [1.165, 1.54) is 6.26 Å². The van der Waals surface area contributed by atoms with E-state index in [4.69, 9.17) is 9.15 Å². The predicted molar refractivity (Wildman–Crippen MR) is 73.4 cm³/mol. The van der Waals surface area contributed by atoms with Crippen molar-refractivity contribution in [1.29, 1.82) is 0 Å². The molecule has 0 aliphatic heterocycles. The Morgan fingerprint density at radius 3 is 2.74 bits per heavy atom. The van der Waals surface area contributed by atoms with Gasteiger partial charge in [0.25, 0.3) is 5.91 Å². The summed E-state index contributed by atoms with van der Waals surface area (Å²) in [4.78, 5) is 11.9. The van der Waals surface area contributed by atoms with Crippen molar-refractivity contribution in [2.24, 2.45) is 5.92 Å². The Morgan fingerprint density at radius 2 is 2.05 bits per heavy atom. The highest BCUT2D eigenvalue weighted by Gasteiger charge is 2.11. The lowest BCUT2D eigenvalue weighted by atomic mass is 10.2. The Labute approximate surface area is 112 Å². The average Bonchev–Trinajstić information content (AvgIpc) is 2.91. The highest BCUT2D eigenvalue weighted by Crippen LogP contribution is 2.24. The Morgan fingerprint density at radius 1 is 1.26 bits per heavy atom. The summed E-state index contributed by atoms with van der Waals surface area (Å²) in [5.74, 6) is 1.08. The fourth-order valence-electron chi connectivity index (χ4n) is 1.54.